The van der Waals surface area contributed by atoms with E-state index in [1.807, 2.05) is 9.80 Å². The number of terminal acetylenes is 1. The average Bonchev–Trinajstić information content (AvgIpc) is 2.97. The zero-order valence-corrected chi connectivity index (χ0v) is 11.4. The van der Waals surface area contributed by atoms with Crippen LogP contribution in [0, 0.1) is 30.1 Å². The van der Waals surface area contributed by atoms with Gasteiger partial charge in [-0.25, -0.2) is 4.79 Å². The van der Waals surface area contributed by atoms with Gasteiger partial charge in [0.2, 0.25) is 0 Å². The second-order valence-corrected chi connectivity index (χ2v) is 6.05. The Kier molecular flexibility index (Phi) is 3.65. The molecule has 0 bridgehead atoms. The minimum absolute atomic E-state index is 0.214. The van der Waals surface area contributed by atoms with E-state index in [0.29, 0.717) is 31.0 Å². The van der Waals surface area contributed by atoms with Gasteiger partial charge in [-0.1, -0.05) is 0 Å². The van der Waals surface area contributed by atoms with Gasteiger partial charge in [0.15, 0.2) is 0 Å². The first-order valence-corrected chi connectivity index (χ1v) is 7.33. The van der Waals surface area contributed by atoms with E-state index in [-0.39, 0.29) is 6.03 Å². The highest BCUT2D eigenvalue weighted by molar-refractivity contribution is 5.75. The Morgan fingerprint density at radius 3 is 2.37 bits per heavy atom. The molecule has 1 saturated carbocycles. The van der Waals surface area contributed by atoms with Gasteiger partial charge in [0, 0.05) is 32.6 Å². The molecule has 3 atom stereocenters. The summed E-state index contributed by atoms with van der Waals surface area (Å²) in [6.07, 6.45) is 8.73. The fraction of sp³-hybridized carbons (Fsp3) is 0.800. The van der Waals surface area contributed by atoms with Crippen LogP contribution in [-0.2, 0) is 4.74 Å². The van der Waals surface area contributed by atoms with Crippen LogP contribution in [0.25, 0.3) is 0 Å². The van der Waals surface area contributed by atoms with Crippen molar-refractivity contribution in [2.75, 3.05) is 39.4 Å². The van der Waals surface area contributed by atoms with E-state index in [4.69, 9.17) is 11.2 Å². The molecule has 1 aliphatic carbocycles. The molecule has 4 nitrogen and oxygen atoms in total. The van der Waals surface area contributed by atoms with E-state index in [1.165, 1.54) is 12.8 Å². The predicted molar refractivity (Wildman–Crippen MR) is 72.5 cm³/mol. The summed E-state index contributed by atoms with van der Waals surface area (Å²) in [5.41, 5.74) is 0. The molecule has 2 saturated heterocycles. The first-order valence-electron chi connectivity index (χ1n) is 7.33. The van der Waals surface area contributed by atoms with Gasteiger partial charge < -0.3 is 14.5 Å². The Labute approximate surface area is 115 Å². The minimum Gasteiger partial charge on any atom is -0.378 e. The molecule has 19 heavy (non-hydrogen) atoms. The van der Waals surface area contributed by atoms with Gasteiger partial charge >= 0.3 is 6.03 Å². The summed E-state index contributed by atoms with van der Waals surface area (Å²) in [6, 6.07) is 0.214. The van der Waals surface area contributed by atoms with Crippen LogP contribution in [0.4, 0.5) is 4.79 Å². The Balaban J connectivity index is 1.53. The molecule has 3 aliphatic rings. The zero-order valence-electron chi connectivity index (χ0n) is 11.4. The number of morpholine rings is 1. The molecule has 2 unspecified atom stereocenters. The van der Waals surface area contributed by atoms with Crippen molar-refractivity contribution < 1.29 is 9.53 Å². The van der Waals surface area contributed by atoms with E-state index < -0.39 is 0 Å². The van der Waals surface area contributed by atoms with Crippen molar-refractivity contribution in [3.05, 3.63) is 0 Å². The quantitative estimate of drug-likeness (QED) is 0.670. The third-order valence-corrected chi connectivity index (χ3v) is 4.81. The molecule has 3 rings (SSSR count). The number of hydrogen-bond donors (Lipinski definition) is 0. The Morgan fingerprint density at radius 1 is 1.16 bits per heavy atom. The Morgan fingerprint density at radius 2 is 1.79 bits per heavy atom. The molecule has 2 heterocycles. The largest absolute Gasteiger partial charge is 0.378 e. The summed E-state index contributed by atoms with van der Waals surface area (Å²) in [6.45, 7) is 4.70. The molecule has 0 aromatic carbocycles. The standard InChI is InChI=1S/C15H22N2O2/c1-2-3-12-8-13-10-17(11-14(13)9-12)15(18)16-4-6-19-7-5-16/h1,12-14H,3-11H2/t12?,13-,14?/m1/s1. The van der Waals surface area contributed by atoms with Crippen molar-refractivity contribution in [3.8, 4) is 12.3 Å². The molecule has 0 N–H and O–H groups in total. The van der Waals surface area contributed by atoms with E-state index in [0.717, 1.165) is 32.6 Å². The highest BCUT2D eigenvalue weighted by Gasteiger charge is 2.42. The number of carbonyl (C=O) groups is 1. The van der Waals surface area contributed by atoms with Gasteiger partial charge in [-0.05, 0) is 30.6 Å². The monoisotopic (exact) mass is 262 g/mol. The van der Waals surface area contributed by atoms with Crippen LogP contribution in [0.5, 0.6) is 0 Å². The summed E-state index contributed by atoms with van der Waals surface area (Å²) >= 11 is 0. The molecule has 104 valence electrons. The summed E-state index contributed by atoms with van der Waals surface area (Å²) in [5, 5.41) is 0. The van der Waals surface area contributed by atoms with Crippen LogP contribution in [0.2, 0.25) is 0 Å². The minimum atomic E-state index is 0.214. The lowest BCUT2D eigenvalue weighted by Crippen LogP contribution is -2.47. The second kappa shape index (κ2) is 5.42. The molecule has 4 heteroatoms. The predicted octanol–water partition coefficient (Wildman–Crippen LogP) is 1.42. The molecular formula is C15H22N2O2. The van der Waals surface area contributed by atoms with Crippen LogP contribution >= 0.6 is 0 Å². The molecule has 3 fully saturated rings. The number of carbonyl (C=O) groups excluding carboxylic acids is 1. The fourth-order valence-electron chi connectivity index (χ4n) is 3.87. The highest BCUT2D eigenvalue weighted by atomic mass is 16.5. The van der Waals surface area contributed by atoms with Gasteiger partial charge in [0.1, 0.15) is 0 Å². The third-order valence-electron chi connectivity index (χ3n) is 4.81. The fourth-order valence-corrected chi connectivity index (χ4v) is 3.87. The van der Waals surface area contributed by atoms with Crippen molar-refractivity contribution in [1.82, 2.24) is 9.80 Å². The van der Waals surface area contributed by atoms with Crippen molar-refractivity contribution in [1.29, 1.82) is 0 Å². The number of hydrogen-bond acceptors (Lipinski definition) is 2. The number of rotatable bonds is 1. The van der Waals surface area contributed by atoms with Crippen LogP contribution in [0.15, 0.2) is 0 Å². The smallest absolute Gasteiger partial charge is 0.320 e. The molecule has 0 radical (unpaired) electrons. The maximum atomic E-state index is 12.4. The normalized spacial score (nSPS) is 34.2. The lowest BCUT2D eigenvalue weighted by Gasteiger charge is -2.31. The van der Waals surface area contributed by atoms with Crippen LogP contribution in [-0.4, -0.2) is 55.2 Å². The summed E-state index contributed by atoms with van der Waals surface area (Å²) in [7, 11) is 0. The van der Waals surface area contributed by atoms with E-state index in [2.05, 4.69) is 5.92 Å². The number of ether oxygens (including phenoxy) is 1. The average molecular weight is 262 g/mol. The molecule has 2 amide bonds. The van der Waals surface area contributed by atoms with Crippen LogP contribution in [0.1, 0.15) is 19.3 Å². The van der Waals surface area contributed by atoms with Crippen molar-refractivity contribution >= 4 is 6.03 Å². The van der Waals surface area contributed by atoms with E-state index >= 15 is 0 Å². The Hall–Kier alpha value is -1.21. The van der Waals surface area contributed by atoms with E-state index in [1.54, 1.807) is 0 Å². The van der Waals surface area contributed by atoms with E-state index in [9.17, 15) is 4.79 Å². The van der Waals surface area contributed by atoms with Crippen molar-refractivity contribution in [2.45, 2.75) is 19.3 Å². The lowest BCUT2D eigenvalue weighted by atomic mass is 10.0. The number of nitrogens with zero attached hydrogens (tertiary/aromatic N) is 2. The zero-order chi connectivity index (χ0) is 13.2. The van der Waals surface area contributed by atoms with Gasteiger partial charge in [-0.3, -0.25) is 0 Å². The molecule has 0 aromatic heterocycles. The lowest BCUT2D eigenvalue weighted by molar-refractivity contribution is 0.0444. The van der Waals surface area contributed by atoms with Gasteiger partial charge in [0.05, 0.1) is 13.2 Å². The summed E-state index contributed by atoms with van der Waals surface area (Å²) < 4.78 is 5.30. The van der Waals surface area contributed by atoms with Crippen molar-refractivity contribution in [3.63, 3.8) is 0 Å². The number of fused-ring (bicyclic) bond motifs is 1. The third kappa shape index (κ3) is 2.57. The van der Waals surface area contributed by atoms with Crippen molar-refractivity contribution in [2.24, 2.45) is 17.8 Å². The first kappa shape index (κ1) is 12.8. The SMILES string of the molecule is C#CCC1CC2CN(C(=O)N3CCOCC3)C[C@H]2C1. The summed E-state index contributed by atoms with van der Waals surface area (Å²) in [4.78, 5) is 16.4. The van der Waals surface area contributed by atoms with Crippen LogP contribution in [0.3, 0.4) is 0 Å². The molecule has 0 spiro atoms. The molecule has 0 aromatic rings. The number of likely N-dealkylation sites (tertiary alicyclic amines) is 1. The first-order chi connectivity index (χ1) is 9.28. The maximum Gasteiger partial charge on any atom is 0.320 e. The molecule has 2 aliphatic heterocycles. The number of urea groups is 1. The van der Waals surface area contributed by atoms with Gasteiger partial charge in [-0.15, -0.1) is 12.3 Å². The van der Waals surface area contributed by atoms with Gasteiger partial charge in [-0.2, -0.15) is 0 Å². The van der Waals surface area contributed by atoms with Crippen LogP contribution < -0.4 is 0 Å². The number of amides is 2. The second-order valence-electron chi connectivity index (χ2n) is 6.05. The summed E-state index contributed by atoms with van der Waals surface area (Å²) in [5.74, 6) is 4.84. The highest BCUT2D eigenvalue weighted by Crippen LogP contribution is 2.42. The topological polar surface area (TPSA) is 32.8 Å². The van der Waals surface area contributed by atoms with Gasteiger partial charge in [0.25, 0.3) is 0 Å². The Bertz CT molecular complexity index is 370. The molecular weight excluding hydrogens is 240 g/mol. The maximum absolute atomic E-state index is 12.4.